The fourth-order valence-electron chi connectivity index (χ4n) is 2.13. The molecule has 1 N–H and O–H groups in total. The lowest BCUT2D eigenvalue weighted by Gasteiger charge is -2.26. The third-order valence-corrected chi connectivity index (χ3v) is 3.36. The molecule has 2 aromatic rings. The Kier molecular flexibility index (Phi) is 4.19. The molecule has 0 aliphatic heterocycles. The maximum Gasteiger partial charge on any atom is 0.298 e. The molecule has 0 spiro atoms. The Bertz CT molecular complexity index is 564. The zero-order valence-electron chi connectivity index (χ0n) is 11.6. The van der Waals surface area contributed by atoms with Gasteiger partial charge in [0.2, 0.25) is 0 Å². The van der Waals surface area contributed by atoms with E-state index in [0.29, 0.717) is 0 Å². The maximum atomic E-state index is 14.2. The molecule has 0 fully saturated rings. The van der Waals surface area contributed by atoms with Gasteiger partial charge < -0.3 is 5.11 Å². The summed E-state index contributed by atoms with van der Waals surface area (Å²) in [5, 5.41) is 9.72. The third kappa shape index (κ3) is 2.88. The summed E-state index contributed by atoms with van der Waals surface area (Å²) in [6.45, 7) is 3.17. The van der Waals surface area contributed by atoms with Crippen LogP contribution in [0.1, 0.15) is 19.4 Å². The Labute approximate surface area is 117 Å². The van der Waals surface area contributed by atoms with Crippen LogP contribution < -0.4 is 0 Å². The van der Waals surface area contributed by atoms with Crippen molar-refractivity contribution in [2.24, 2.45) is 5.92 Å². The van der Waals surface area contributed by atoms with Gasteiger partial charge in [-0.25, -0.2) is 0 Å². The second-order valence-electron chi connectivity index (χ2n) is 5.26. The summed E-state index contributed by atoms with van der Waals surface area (Å²) in [6, 6.07) is 15.5. The van der Waals surface area contributed by atoms with Gasteiger partial charge in [-0.3, -0.25) is 0 Å². The van der Waals surface area contributed by atoms with Gasteiger partial charge >= 0.3 is 0 Å². The number of hydrogen-bond donors (Lipinski definition) is 1. The van der Waals surface area contributed by atoms with E-state index in [4.69, 9.17) is 0 Å². The highest BCUT2D eigenvalue weighted by atomic mass is 19.3. The van der Waals surface area contributed by atoms with Crippen LogP contribution in [0.4, 0.5) is 8.78 Å². The quantitative estimate of drug-likeness (QED) is 0.874. The van der Waals surface area contributed by atoms with E-state index in [9.17, 15) is 13.9 Å². The third-order valence-electron chi connectivity index (χ3n) is 3.36. The predicted octanol–water partition coefficient (Wildman–Crippen LogP) is 4.46. The molecule has 0 aliphatic rings. The topological polar surface area (TPSA) is 20.2 Å². The molecule has 0 aromatic heterocycles. The number of aliphatic hydroxyl groups is 1. The predicted molar refractivity (Wildman–Crippen MR) is 76.6 cm³/mol. The lowest BCUT2D eigenvalue weighted by molar-refractivity contribution is -0.132. The van der Waals surface area contributed by atoms with Crippen LogP contribution in [-0.2, 0) is 5.92 Å². The zero-order chi connectivity index (χ0) is 14.8. The highest BCUT2D eigenvalue weighted by molar-refractivity contribution is 5.64. The smallest absolute Gasteiger partial charge is 0.298 e. The van der Waals surface area contributed by atoms with Crippen LogP contribution in [0.25, 0.3) is 11.1 Å². The molecule has 0 amide bonds. The molecule has 106 valence electrons. The lowest BCUT2D eigenvalue weighted by Crippen LogP contribution is -2.35. The van der Waals surface area contributed by atoms with Gasteiger partial charge in [-0.05, 0) is 23.1 Å². The molecular formula is C17H18F2O. The highest BCUT2D eigenvalue weighted by Crippen LogP contribution is 2.36. The highest BCUT2D eigenvalue weighted by Gasteiger charge is 2.42. The van der Waals surface area contributed by atoms with Crippen molar-refractivity contribution in [3.8, 4) is 11.1 Å². The average Bonchev–Trinajstić information content (AvgIpc) is 2.47. The average molecular weight is 276 g/mol. The van der Waals surface area contributed by atoms with E-state index in [0.717, 1.165) is 11.1 Å². The van der Waals surface area contributed by atoms with Crippen molar-refractivity contribution >= 4 is 0 Å². The van der Waals surface area contributed by atoms with Crippen molar-refractivity contribution in [1.29, 1.82) is 0 Å². The van der Waals surface area contributed by atoms with Crippen molar-refractivity contribution in [3.63, 3.8) is 0 Å². The molecule has 20 heavy (non-hydrogen) atoms. The lowest BCUT2D eigenvalue weighted by atomic mass is 9.93. The fourth-order valence-corrected chi connectivity index (χ4v) is 2.13. The summed E-state index contributed by atoms with van der Waals surface area (Å²) in [4.78, 5) is 0. The second kappa shape index (κ2) is 5.71. The number of aliphatic hydroxyl groups excluding tert-OH is 1. The Balaban J connectivity index is 2.40. The van der Waals surface area contributed by atoms with Gasteiger partial charge in [0.15, 0.2) is 0 Å². The van der Waals surface area contributed by atoms with Gasteiger partial charge in [-0.2, -0.15) is 8.78 Å². The number of benzene rings is 2. The van der Waals surface area contributed by atoms with Crippen molar-refractivity contribution in [2.45, 2.75) is 25.9 Å². The summed E-state index contributed by atoms with van der Waals surface area (Å²) in [5.74, 6) is -3.76. The molecule has 0 heterocycles. The van der Waals surface area contributed by atoms with Gasteiger partial charge in [0.05, 0.1) is 0 Å². The van der Waals surface area contributed by atoms with Gasteiger partial charge in [0.1, 0.15) is 6.10 Å². The molecule has 0 radical (unpaired) electrons. The molecule has 3 heteroatoms. The molecule has 2 rings (SSSR count). The first-order chi connectivity index (χ1) is 9.43. The van der Waals surface area contributed by atoms with E-state index in [1.54, 1.807) is 26.0 Å². The molecule has 0 saturated heterocycles. The Morgan fingerprint density at radius 1 is 0.900 bits per heavy atom. The van der Waals surface area contributed by atoms with Crippen LogP contribution in [0, 0.1) is 5.92 Å². The summed E-state index contributed by atoms with van der Waals surface area (Å²) in [6.07, 6.45) is -1.69. The van der Waals surface area contributed by atoms with Crippen LogP contribution in [0.3, 0.4) is 0 Å². The fraction of sp³-hybridized carbons (Fsp3) is 0.294. The minimum atomic E-state index is -3.25. The Hall–Kier alpha value is -1.74. The van der Waals surface area contributed by atoms with Crippen LogP contribution in [0.5, 0.6) is 0 Å². The normalized spacial score (nSPS) is 13.5. The van der Waals surface area contributed by atoms with Gasteiger partial charge in [0, 0.05) is 5.56 Å². The monoisotopic (exact) mass is 276 g/mol. The van der Waals surface area contributed by atoms with Gasteiger partial charge in [-0.15, -0.1) is 0 Å². The number of alkyl halides is 2. The van der Waals surface area contributed by atoms with Crippen molar-refractivity contribution in [3.05, 3.63) is 60.2 Å². The van der Waals surface area contributed by atoms with Crippen molar-refractivity contribution < 1.29 is 13.9 Å². The standard InChI is InChI=1S/C17H18F2O/c1-12(2)16(20)17(18,19)15-10-6-9-14(11-15)13-7-4-3-5-8-13/h3-12,16,20H,1-2H3. The minimum Gasteiger partial charge on any atom is -0.386 e. The number of hydrogen-bond acceptors (Lipinski definition) is 1. The molecule has 0 bridgehead atoms. The van der Waals surface area contributed by atoms with E-state index in [1.807, 2.05) is 30.3 Å². The Morgan fingerprint density at radius 2 is 1.50 bits per heavy atom. The SMILES string of the molecule is CC(C)C(O)C(F)(F)c1cccc(-c2ccccc2)c1. The van der Waals surface area contributed by atoms with E-state index in [2.05, 4.69) is 0 Å². The van der Waals surface area contributed by atoms with Crippen LogP contribution in [0.15, 0.2) is 54.6 Å². The van der Waals surface area contributed by atoms with Crippen LogP contribution in [0.2, 0.25) is 0 Å². The molecule has 2 aromatic carbocycles. The molecule has 1 unspecified atom stereocenters. The number of rotatable bonds is 4. The van der Waals surface area contributed by atoms with Crippen molar-refractivity contribution in [1.82, 2.24) is 0 Å². The van der Waals surface area contributed by atoms with Crippen LogP contribution >= 0.6 is 0 Å². The summed E-state index contributed by atoms with van der Waals surface area (Å²) in [5.41, 5.74) is 1.45. The maximum absolute atomic E-state index is 14.2. The zero-order valence-corrected chi connectivity index (χ0v) is 11.6. The first-order valence-corrected chi connectivity index (χ1v) is 6.64. The van der Waals surface area contributed by atoms with Crippen LogP contribution in [-0.4, -0.2) is 11.2 Å². The Morgan fingerprint density at radius 3 is 2.10 bits per heavy atom. The van der Waals surface area contributed by atoms with E-state index >= 15 is 0 Å². The van der Waals surface area contributed by atoms with Gasteiger partial charge in [-0.1, -0.05) is 62.4 Å². The molecule has 0 saturated carbocycles. The first kappa shape index (κ1) is 14.7. The molecule has 1 nitrogen and oxygen atoms in total. The van der Waals surface area contributed by atoms with E-state index in [1.165, 1.54) is 12.1 Å². The second-order valence-corrected chi connectivity index (χ2v) is 5.26. The van der Waals surface area contributed by atoms with E-state index < -0.39 is 17.9 Å². The summed E-state index contributed by atoms with van der Waals surface area (Å²) < 4.78 is 28.5. The first-order valence-electron chi connectivity index (χ1n) is 6.64. The van der Waals surface area contributed by atoms with E-state index in [-0.39, 0.29) is 5.56 Å². The largest absolute Gasteiger partial charge is 0.386 e. The number of halogens is 2. The van der Waals surface area contributed by atoms with Crippen molar-refractivity contribution in [2.75, 3.05) is 0 Å². The summed E-state index contributed by atoms with van der Waals surface area (Å²) >= 11 is 0. The minimum absolute atomic E-state index is 0.153. The summed E-state index contributed by atoms with van der Waals surface area (Å²) in [7, 11) is 0. The molecule has 1 atom stereocenters. The molecular weight excluding hydrogens is 258 g/mol. The molecule has 0 aliphatic carbocycles. The van der Waals surface area contributed by atoms with Gasteiger partial charge in [0.25, 0.3) is 5.92 Å².